The number of rotatable bonds is 3. The number of halogens is 1. The number of anilines is 1. The van der Waals surface area contributed by atoms with Crippen molar-refractivity contribution in [2.75, 3.05) is 25.5 Å². The molecule has 2 unspecified atom stereocenters. The maximum Gasteiger partial charge on any atom is 0.322 e. The largest absolute Gasteiger partial charge is 0.493 e. The predicted molar refractivity (Wildman–Crippen MR) is 98.3 cm³/mol. The molecule has 5 nitrogen and oxygen atoms in total. The van der Waals surface area contributed by atoms with E-state index in [1.165, 1.54) is 7.11 Å². The second kappa shape index (κ2) is 7.76. The second-order valence-corrected chi connectivity index (χ2v) is 6.41. The van der Waals surface area contributed by atoms with Crippen LogP contribution in [0.25, 0.3) is 0 Å². The molecule has 25 heavy (non-hydrogen) atoms. The molecule has 1 saturated heterocycles. The maximum atomic E-state index is 12.7. The van der Waals surface area contributed by atoms with Gasteiger partial charge in [0, 0.05) is 6.54 Å². The van der Waals surface area contributed by atoms with E-state index in [-0.39, 0.29) is 18.2 Å². The van der Waals surface area contributed by atoms with Crippen LogP contribution in [0.4, 0.5) is 10.5 Å². The van der Waals surface area contributed by atoms with E-state index < -0.39 is 0 Å². The van der Waals surface area contributed by atoms with Crippen LogP contribution in [0.3, 0.4) is 0 Å². The van der Waals surface area contributed by atoms with Crippen LogP contribution in [0, 0.1) is 0 Å². The van der Waals surface area contributed by atoms with Crippen LogP contribution in [0.1, 0.15) is 18.6 Å². The number of nitrogens with zero attached hydrogens (tertiary/aromatic N) is 1. The van der Waals surface area contributed by atoms with Crippen molar-refractivity contribution < 1.29 is 14.3 Å². The Bertz CT molecular complexity index is 739. The quantitative estimate of drug-likeness (QED) is 0.885. The van der Waals surface area contributed by atoms with E-state index in [9.17, 15) is 4.79 Å². The number of carbonyl (C=O) groups excluding carboxylic acids is 1. The van der Waals surface area contributed by atoms with E-state index in [1.54, 1.807) is 23.1 Å². The van der Waals surface area contributed by atoms with Crippen molar-refractivity contribution in [3.63, 3.8) is 0 Å². The molecule has 3 rings (SSSR count). The van der Waals surface area contributed by atoms with E-state index in [1.807, 2.05) is 37.3 Å². The molecule has 1 N–H and O–H groups in total. The summed E-state index contributed by atoms with van der Waals surface area (Å²) in [6.07, 6.45) is -0.192. The summed E-state index contributed by atoms with van der Waals surface area (Å²) >= 11 is 6.12. The van der Waals surface area contributed by atoms with Crippen molar-refractivity contribution >= 4 is 23.3 Å². The first-order chi connectivity index (χ1) is 12.1. The molecular weight excluding hydrogens is 340 g/mol. The zero-order valence-corrected chi connectivity index (χ0v) is 15.0. The summed E-state index contributed by atoms with van der Waals surface area (Å²) in [6, 6.07) is 15.0. The number of urea groups is 1. The van der Waals surface area contributed by atoms with Gasteiger partial charge in [-0.3, -0.25) is 0 Å². The Morgan fingerprint density at radius 1 is 1.20 bits per heavy atom. The molecule has 6 heteroatoms. The second-order valence-electron chi connectivity index (χ2n) is 6.00. The SMILES string of the molecule is COc1c(Cl)cccc1NC(=O)N1CC(C)OC(c2ccccc2)C1. The monoisotopic (exact) mass is 360 g/mol. The molecule has 0 spiro atoms. The molecule has 132 valence electrons. The lowest BCUT2D eigenvalue weighted by Crippen LogP contribution is -2.47. The molecule has 1 fully saturated rings. The summed E-state index contributed by atoms with van der Waals surface area (Å²) in [5.74, 6) is 0.457. The van der Waals surface area contributed by atoms with Crippen molar-refractivity contribution in [2.24, 2.45) is 0 Å². The number of amides is 2. The summed E-state index contributed by atoms with van der Waals surface area (Å²) in [5.41, 5.74) is 1.61. The summed E-state index contributed by atoms with van der Waals surface area (Å²) < 4.78 is 11.3. The Morgan fingerprint density at radius 3 is 2.68 bits per heavy atom. The minimum Gasteiger partial charge on any atom is -0.493 e. The first kappa shape index (κ1) is 17.6. The van der Waals surface area contributed by atoms with Crippen molar-refractivity contribution in [1.82, 2.24) is 4.90 Å². The van der Waals surface area contributed by atoms with Gasteiger partial charge in [-0.2, -0.15) is 0 Å². The Balaban J connectivity index is 1.74. The normalized spacial score (nSPS) is 20.2. The summed E-state index contributed by atoms with van der Waals surface area (Å²) in [5, 5.41) is 3.34. The molecule has 2 aromatic rings. The summed E-state index contributed by atoms with van der Waals surface area (Å²) in [7, 11) is 1.53. The first-order valence-electron chi connectivity index (χ1n) is 8.17. The van der Waals surface area contributed by atoms with Gasteiger partial charge in [-0.25, -0.2) is 4.79 Å². The smallest absolute Gasteiger partial charge is 0.322 e. The highest BCUT2D eigenvalue weighted by Gasteiger charge is 2.29. The fraction of sp³-hybridized carbons (Fsp3) is 0.316. The molecule has 2 aromatic carbocycles. The number of para-hydroxylation sites is 1. The van der Waals surface area contributed by atoms with Gasteiger partial charge in [0.05, 0.1) is 30.5 Å². The third kappa shape index (κ3) is 4.06. The molecule has 2 amide bonds. The molecule has 0 aliphatic carbocycles. The van der Waals surface area contributed by atoms with Gasteiger partial charge in [-0.1, -0.05) is 48.0 Å². The molecule has 0 bridgehead atoms. The lowest BCUT2D eigenvalue weighted by atomic mass is 10.1. The van der Waals surface area contributed by atoms with Crippen LogP contribution in [-0.2, 0) is 4.74 Å². The predicted octanol–water partition coefficient (Wildman–Crippen LogP) is 4.34. The van der Waals surface area contributed by atoms with Gasteiger partial charge >= 0.3 is 6.03 Å². The lowest BCUT2D eigenvalue weighted by molar-refractivity contribution is -0.0642. The highest BCUT2D eigenvalue weighted by molar-refractivity contribution is 6.32. The first-order valence-corrected chi connectivity index (χ1v) is 8.55. The molecule has 1 aliphatic rings. The van der Waals surface area contributed by atoms with Gasteiger partial charge in [-0.15, -0.1) is 0 Å². The van der Waals surface area contributed by atoms with Gasteiger partial charge in [0.25, 0.3) is 0 Å². The number of hydrogen-bond acceptors (Lipinski definition) is 3. The highest BCUT2D eigenvalue weighted by Crippen LogP contribution is 2.33. The fourth-order valence-electron chi connectivity index (χ4n) is 2.98. The van der Waals surface area contributed by atoms with Crippen LogP contribution in [0.2, 0.25) is 5.02 Å². The van der Waals surface area contributed by atoms with Gasteiger partial charge in [-0.05, 0) is 24.6 Å². The Labute approximate surface area is 152 Å². The Hall–Kier alpha value is -2.24. The molecule has 0 radical (unpaired) electrons. The number of benzene rings is 2. The number of hydrogen-bond donors (Lipinski definition) is 1. The minimum atomic E-state index is -0.198. The summed E-state index contributed by atoms with van der Waals surface area (Å²) in [4.78, 5) is 14.5. The third-order valence-electron chi connectivity index (χ3n) is 4.13. The Kier molecular flexibility index (Phi) is 5.46. The fourth-order valence-corrected chi connectivity index (χ4v) is 3.23. The van der Waals surface area contributed by atoms with Gasteiger partial charge < -0.3 is 19.7 Å². The zero-order chi connectivity index (χ0) is 17.8. The lowest BCUT2D eigenvalue weighted by Gasteiger charge is -2.37. The molecule has 1 aliphatic heterocycles. The van der Waals surface area contributed by atoms with E-state index in [4.69, 9.17) is 21.1 Å². The Morgan fingerprint density at radius 2 is 1.96 bits per heavy atom. The molecule has 1 heterocycles. The van der Waals surface area contributed by atoms with E-state index in [0.717, 1.165) is 5.56 Å². The number of methoxy groups -OCH3 is 1. The third-order valence-corrected chi connectivity index (χ3v) is 4.43. The molecule has 0 aromatic heterocycles. The number of morpholine rings is 1. The molecule has 2 atom stereocenters. The van der Waals surface area contributed by atoms with E-state index in [0.29, 0.717) is 29.5 Å². The number of carbonyl (C=O) groups is 1. The van der Waals surface area contributed by atoms with Crippen molar-refractivity contribution in [1.29, 1.82) is 0 Å². The maximum absolute atomic E-state index is 12.7. The van der Waals surface area contributed by atoms with Crippen LogP contribution in [0.15, 0.2) is 48.5 Å². The van der Waals surface area contributed by atoms with Crippen LogP contribution in [0.5, 0.6) is 5.75 Å². The molecular formula is C19H21ClN2O3. The topological polar surface area (TPSA) is 50.8 Å². The zero-order valence-electron chi connectivity index (χ0n) is 14.2. The van der Waals surface area contributed by atoms with E-state index in [2.05, 4.69) is 5.32 Å². The average Bonchev–Trinajstić information content (AvgIpc) is 2.62. The van der Waals surface area contributed by atoms with Crippen LogP contribution in [-0.4, -0.2) is 37.2 Å². The van der Waals surface area contributed by atoms with Crippen LogP contribution >= 0.6 is 11.6 Å². The van der Waals surface area contributed by atoms with Crippen molar-refractivity contribution in [3.8, 4) is 5.75 Å². The number of ether oxygens (including phenoxy) is 2. The highest BCUT2D eigenvalue weighted by atomic mass is 35.5. The van der Waals surface area contributed by atoms with Crippen molar-refractivity contribution in [2.45, 2.75) is 19.1 Å². The summed E-state index contributed by atoms with van der Waals surface area (Å²) in [6.45, 7) is 2.98. The number of nitrogens with one attached hydrogen (secondary N) is 1. The van der Waals surface area contributed by atoms with E-state index >= 15 is 0 Å². The van der Waals surface area contributed by atoms with Crippen molar-refractivity contribution in [3.05, 3.63) is 59.1 Å². The van der Waals surface area contributed by atoms with Gasteiger partial charge in [0.2, 0.25) is 0 Å². The minimum absolute atomic E-state index is 0.0500. The van der Waals surface area contributed by atoms with Gasteiger partial charge in [0.1, 0.15) is 6.10 Å². The standard InChI is InChI=1S/C19H21ClN2O3/c1-13-11-22(12-17(25-13)14-7-4-3-5-8-14)19(23)21-16-10-6-9-15(20)18(16)24-2/h3-10,13,17H,11-12H2,1-2H3,(H,21,23). The average molecular weight is 361 g/mol. The molecule has 0 saturated carbocycles. The van der Waals surface area contributed by atoms with Gasteiger partial charge in [0.15, 0.2) is 5.75 Å². The van der Waals surface area contributed by atoms with Crippen LogP contribution < -0.4 is 10.1 Å².